The number of amides is 1. The lowest BCUT2D eigenvalue weighted by Crippen LogP contribution is -2.41. The molecule has 1 aromatic heterocycles. The molecule has 2 N–H and O–H groups in total. The smallest absolute Gasteiger partial charge is 0.256 e. The number of benzene rings is 2. The standard InChI is InChI=1S/C22H23N3O3/c26-21(23-8-9-25-10-12-28-13-11-25)18-6-3-5-16(14-18)19-15-17-4-1-2-7-20(17)24-22(19)27/h1-7,14-15H,8-13H2,(H,23,26)(H,24,27). The van der Waals surface area contributed by atoms with Crippen molar-refractivity contribution in [1.29, 1.82) is 0 Å². The van der Waals surface area contributed by atoms with Crippen LogP contribution in [0.25, 0.3) is 22.0 Å². The first-order chi connectivity index (χ1) is 13.7. The van der Waals surface area contributed by atoms with Gasteiger partial charge in [0, 0.05) is 42.8 Å². The van der Waals surface area contributed by atoms with E-state index in [0.717, 1.165) is 49.3 Å². The number of pyridine rings is 1. The Morgan fingerprint density at radius 2 is 1.89 bits per heavy atom. The number of H-pyrrole nitrogens is 1. The minimum absolute atomic E-state index is 0.132. The van der Waals surface area contributed by atoms with E-state index in [9.17, 15) is 9.59 Å². The summed E-state index contributed by atoms with van der Waals surface area (Å²) in [6.45, 7) is 4.68. The van der Waals surface area contributed by atoms with E-state index in [4.69, 9.17) is 4.74 Å². The fourth-order valence-electron chi connectivity index (χ4n) is 3.44. The number of nitrogens with one attached hydrogen (secondary N) is 2. The molecule has 0 unspecified atom stereocenters. The van der Waals surface area contributed by atoms with Gasteiger partial charge in [-0.3, -0.25) is 14.5 Å². The molecule has 1 amide bonds. The zero-order chi connectivity index (χ0) is 19.3. The second kappa shape index (κ2) is 8.37. The maximum Gasteiger partial charge on any atom is 0.256 e. The van der Waals surface area contributed by atoms with Crippen molar-refractivity contribution >= 4 is 16.8 Å². The average molecular weight is 377 g/mol. The van der Waals surface area contributed by atoms with E-state index in [2.05, 4.69) is 15.2 Å². The van der Waals surface area contributed by atoms with E-state index >= 15 is 0 Å². The van der Waals surface area contributed by atoms with Gasteiger partial charge in [0.1, 0.15) is 0 Å². The van der Waals surface area contributed by atoms with E-state index in [-0.39, 0.29) is 11.5 Å². The molecule has 3 aromatic rings. The molecule has 0 spiro atoms. The Kier molecular flexibility index (Phi) is 5.50. The van der Waals surface area contributed by atoms with Gasteiger partial charge in [0.2, 0.25) is 0 Å². The van der Waals surface area contributed by atoms with Crippen LogP contribution in [0, 0.1) is 0 Å². The molecule has 6 heteroatoms. The molecule has 0 bridgehead atoms. The van der Waals surface area contributed by atoms with Gasteiger partial charge in [-0.05, 0) is 35.2 Å². The number of rotatable bonds is 5. The Morgan fingerprint density at radius 1 is 1.07 bits per heavy atom. The van der Waals surface area contributed by atoms with Crippen molar-refractivity contribution in [3.8, 4) is 11.1 Å². The van der Waals surface area contributed by atoms with Crippen LogP contribution in [-0.2, 0) is 4.74 Å². The summed E-state index contributed by atoms with van der Waals surface area (Å²) in [5, 5.41) is 3.92. The molecule has 0 aliphatic carbocycles. The molecule has 1 saturated heterocycles. The molecule has 0 radical (unpaired) electrons. The summed E-state index contributed by atoms with van der Waals surface area (Å²) in [7, 11) is 0. The number of hydrogen-bond acceptors (Lipinski definition) is 4. The highest BCUT2D eigenvalue weighted by Crippen LogP contribution is 2.20. The Bertz CT molecular complexity index is 1040. The second-order valence-electron chi connectivity index (χ2n) is 6.89. The van der Waals surface area contributed by atoms with E-state index in [1.54, 1.807) is 18.2 Å². The van der Waals surface area contributed by atoms with Crippen molar-refractivity contribution in [3.05, 3.63) is 70.5 Å². The summed E-state index contributed by atoms with van der Waals surface area (Å²) < 4.78 is 5.33. The summed E-state index contributed by atoms with van der Waals surface area (Å²) >= 11 is 0. The Balaban J connectivity index is 1.49. The van der Waals surface area contributed by atoms with Crippen molar-refractivity contribution in [3.63, 3.8) is 0 Å². The number of carbonyl (C=O) groups is 1. The number of aromatic amines is 1. The van der Waals surface area contributed by atoms with Gasteiger partial charge in [-0.2, -0.15) is 0 Å². The molecule has 1 aliphatic rings. The molecular formula is C22H23N3O3. The van der Waals surface area contributed by atoms with Crippen molar-refractivity contribution < 1.29 is 9.53 Å². The lowest BCUT2D eigenvalue weighted by Gasteiger charge is -2.26. The first-order valence-corrected chi connectivity index (χ1v) is 9.51. The number of nitrogens with zero attached hydrogens (tertiary/aromatic N) is 1. The normalized spacial score (nSPS) is 14.9. The topological polar surface area (TPSA) is 74.4 Å². The van der Waals surface area contributed by atoms with Gasteiger partial charge in [0.25, 0.3) is 11.5 Å². The van der Waals surface area contributed by atoms with Crippen LogP contribution in [0.5, 0.6) is 0 Å². The summed E-state index contributed by atoms with van der Waals surface area (Å²) in [5.41, 5.74) is 2.47. The molecule has 4 rings (SSSR count). The van der Waals surface area contributed by atoms with E-state index < -0.39 is 0 Å². The van der Waals surface area contributed by atoms with Gasteiger partial charge in [0.05, 0.1) is 13.2 Å². The fourth-order valence-corrected chi connectivity index (χ4v) is 3.44. The summed E-state index contributed by atoms with van der Waals surface area (Å²) in [6.07, 6.45) is 0. The molecule has 2 aromatic carbocycles. The second-order valence-corrected chi connectivity index (χ2v) is 6.89. The highest BCUT2D eigenvalue weighted by molar-refractivity contribution is 5.95. The summed E-state index contributed by atoms with van der Waals surface area (Å²) in [6, 6.07) is 16.7. The highest BCUT2D eigenvalue weighted by Gasteiger charge is 2.12. The third kappa shape index (κ3) is 4.13. The van der Waals surface area contributed by atoms with Crippen LogP contribution in [0.15, 0.2) is 59.4 Å². The van der Waals surface area contributed by atoms with E-state index in [1.807, 2.05) is 36.4 Å². The highest BCUT2D eigenvalue weighted by atomic mass is 16.5. The van der Waals surface area contributed by atoms with Crippen LogP contribution in [0.3, 0.4) is 0 Å². The lowest BCUT2D eigenvalue weighted by atomic mass is 10.0. The molecule has 1 fully saturated rings. The predicted molar refractivity (Wildman–Crippen MR) is 110 cm³/mol. The molecular weight excluding hydrogens is 354 g/mol. The van der Waals surface area contributed by atoms with Crippen LogP contribution in [-0.4, -0.2) is 55.2 Å². The number of hydrogen-bond donors (Lipinski definition) is 2. The SMILES string of the molecule is O=C(NCCN1CCOCC1)c1cccc(-c2cc3ccccc3[nH]c2=O)c1. The van der Waals surface area contributed by atoms with Crippen LogP contribution in [0.1, 0.15) is 10.4 Å². The van der Waals surface area contributed by atoms with Gasteiger partial charge in [-0.15, -0.1) is 0 Å². The summed E-state index contributed by atoms with van der Waals surface area (Å²) in [5.74, 6) is -0.132. The lowest BCUT2D eigenvalue weighted by molar-refractivity contribution is 0.0383. The molecule has 28 heavy (non-hydrogen) atoms. The van der Waals surface area contributed by atoms with Crippen LogP contribution in [0.4, 0.5) is 0 Å². The van der Waals surface area contributed by atoms with Gasteiger partial charge in [-0.25, -0.2) is 0 Å². The third-order valence-electron chi connectivity index (χ3n) is 5.01. The maximum atomic E-state index is 12.5. The summed E-state index contributed by atoms with van der Waals surface area (Å²) in [4.78, 5) is 30.2. The van der Waals surface area contributed by atoms with Crippen LogP contribution in [0.2, 0.25) is 0 Å². The Labute approximate surface area is 163 Å². The molecule has 6 nitrogen and oxygen atoms in total. The van der Waals surface area contributed by atoms with Crippen molar-refractivity contribution in [2.24, 2.45) is 0 Å². The predicted octanol–water partition coefficient (Wildman–Crippen LogP) is 2.26. The number of carbonyl (C=O) groups excluding carboxylic acids is 1. The van der Waals surface area contributed by atoms with Gasteiger partial charge in [0.15, 0.2) is 0 Å². The first-order valence-electron chi connectivity index (χ1n) is 9.51. The van der Waals surface area contributed by atoms with Gasteiger partial charge in [-0.1, -0.05) is 30.3 Å². The van der Waals surface area contributed by atoms with E-state index in [1.165, 1.54) is 0 Å². The van der Waals surface area contributed by atoms with Crippen molar-refractivity contribution in [2.45, 2.75) is 0 Å². The Morgan fingerprint density at radius 3 is 2.75 bits per heavy atom. The molecule has 0 atom stereocenters. The number of para-hydroxylation sites is 1. The third-order valence-corrected chi connectivity index (χ3v) is 5.01. The monoisotopic (exact) mass is 377 g/mol. The zero-order valence-corrected chi connectivity index (χ0v) is 15.6. The van der Waals surface area contributed by atoms with Crippen LogP contribution >= 0.6 is 0 Å². The van der Waals surface area contributed by atoms with Gasteiger partial charge >= 0.3 is 0 Å². The van der Waals surface area contributed by atoms with Gasteiger partial charge < -0.3 is 15.0 Å². The fraction of sp³-hybridized carbons (Fsp3) is 0.273. The van der Waals surface area contributed by atoms with Crippen molar-refractivity contribution in [2.75, 3.05) is 39.4 Å². The van der Waals surface area contributed by atoms with Crippen molar-refractivity contribution in [1.82, 2.24) is 15.2 Å². The Hall–Kier alpha value is -2.96. The minimum Gasteiger partial charge on any atom is -0.379 e. The maximum absolute atomic E-state index is 12.5. The minimum atomic E-state index is -0.163. The average Bonchev–Trinajstić information content (AvgIpc) is 2.74. The number of ether oxygens (including phenoxy) is 1. The van der Waals surface area contributed by atoms with Crippen LogP contribution < -0.4 is 10.9 Å². The molecule has 2 heterocycles. The largest absolute Gasteiger partial charge is 0.379 e. The number of morpholine rings is 1. The number of aromatic nitrogens is 1. The number of fused-ring (bicyclic) bond motifs is 1. The molecule has 1 aliphatic heterocycles. The van der Waals surface area contributed by atoms with E-state index in [0.29, 0.717) is 17.7 Å². The zero-order valence-electron chi connectivity index (χ0n) is 15.6. The first kappa shape index (κ1) is 18.4. The molecule has 144 valence electrons. The molecule has 0 saturated carbocycles. The quantitative estimate of drug-likeness (QED) is 0.715.